The summed E-state index contributed by atoms with van der Waals surface area (Å²) in [6.45, 7) is 1.29. The second-order valence-electron chi connectivity index (χ2n) is 0.937. The monoisotopic (exact) mass is 155 g/mol. The number of thiocarbonyl (C=S) groups is 1. The summed E-state index contributed by atoms with van der Waals surface area (Å²) in [7, 11) is 0. The van der Waals surface area contributed by atoms with Gasteiger partial charge in [0.05, 0.1) is 0 Å². The number of halogens is 1. The third kappa shape index (κ3) is 3720. The lowest BCUT2D eigenvalue weighted by molar-refractivity contribution is -0.210. The predicted molar refractivity (Wildman–Crippen MR) is 36.2 cm³/mol. The third-order valence-corrected chi connectivity index (χ3v) is 0. The lowest BCUT2D eigenvalue weighted by atomic mass is 10.9. The van der Waals surface area contributed by atoms with Gasteiger partial charge in [-0.15, -0.1) is 0 Å². The molecule has 0 saturated heterocycles. The fraction of sp³-hybridized carbons (Fsp3) is 0.333. The van der Waals surface area contributed by atoms with Gasteiger partial charge >= 0.3 is 0 Å². The van der Waals surface area contributed by atoms with Crippen molar-refractivity contribution in [1.82, 2.24) is 0 Å². The molecule has 0 aliphatic carbocycles. The van der Waals surface area contributed by atoms with Crippen molar-refractivity contribution in [2.45, 2.75) is 6.92 Å². The summed E-state index contributed by atoms with van der Waals surface area (Å²) in [6, 6.07) is 0. The molecule has 0 unspecified atom stereocenters. The Balaban J connectivity index is 0. The van der Waals surface area contributed by atoms with E-state index in [1.807, 2.05) is 0 Å². The molecule has 5 heteroatoms. The van der Waals surface area contributed by atoms with Gasteiger partial charge in [0, 0.05) is 19.1 Å². The zero-order valence-corrected chi connectivity index (χ0v) is 6.05. The molecule has 0 fully saturated rings. The van der Waals surface area contributed by atoms with Gasteiger partial charge in [-0.05, 0) is 11.6 Å². The summed E-state index contributed by atoms with van der Waals surface area (Å²) in [4.78, 5) is 9.21. The van der Waals surface area contributed by atoms with E-state index in [2.05, 4.69) is 29.6 Å². The second kappa shape index (κ2) is 6.81. The van der Waals surface area contributed by atoms with Crippen molar-refractivity contribution in [1.29, 1.82) is 0 Å². The summed E-state index contributed by atoms with van der Waals surface area (Å²) in [5.74, 6) is 0. The molecule has 0 aromatic carbocycles. The van der Waals surface area contributed by atoms with E-state index in [-0.39, 0.29) is 10.4 Å². The first-order valence-electron chi connectivity index (χ1n) is 1.74. The van der Waals surface area contributed by atoms with Crippen LogP contribution in [0.25, 0.3) is 0 Å². The van der Waals surface area contributed by atoms with Crippen molar-refractivity contribution in [3.05, 3.63) is 0 Å². The molecule has 0 aliphatic heterocycles. The molecule has 0 aromatic heterocycles. The quantitative estimate of drug-likeness (QED) is 0.357. The van der Waals surface area contributed by atoms with Gasteiger partial charge in [-0.2, -0.15) is 0 Å². The van der Waals surface area contributed by atoms with E-state index in [0.29, 0.717) is 0 Å². The SMILES string of the molecule is CC(=O)Cl.NC([NH3+])=S. The van der Waals surface area contributed by atoms with E-state index in [4.69, 9.17) is 5.73 Å². The highest BCUT2D eigenvalue weighted by molar-refractivity contribution is 7.79. The van der Waals surface area contributed by atoms with Crippen molar-refractivity contribution in [2.24, 2.45) is 5.73 Å². The molecule has 0 amide bonds. The number of quaternary nitrogens is 1. The minimum absolute atomic E-state index is 0.250. The molecule has 5 N–H and O–H groups in total. The van der Waals surface area contributed by atoms with Gasteiger partial charge in [0.25, 0.3) is 5.11 Å². The molecule has 0 rings (SSSR count). The van der Waals surface area contributed by atoms with Crippen LogP contribution in [0.15, 0.2) is 0 Å². The van der Waals surface area contributed by atoms with Gasteiger partial charge in [0.15, 0.2) is 0 Å². The Morgan fingerprint density at radius 3 is 1.88 bits per heavy atom. The molecule has 0 bridgehead atoms. The maximum Gasteiger partial charge on any atom is 0.262 e. The zero-order chi connectivity index (χ0) is 7.15. The number of hydrogen-bond acceptors (Lipinski definition) is 2. The minimum atomic E-state index is -0.361. The van der Waals surface area contributed by atoms with E-state index in [1.165, 1.54) is 6.92 Å². The summed E-state index contributed by atoms with van der Waals surface area (Å²) in [5.41, 5.74) is 7.88. The van der Waals surface area contributed by atoms with Crippen LogP contribution in [0.5, 0.6) is 0 Å². The molecular formula is C3H8ClN2OS+. The normalized spacial score (nSPS) is 6.38. The molecule has 0 spiro atoms. The Bertz CT molecular complexity index is 75.3. The van der Waals surface area contributed by atoms with E-state index < -0.39 is 0 Å². The lowest BCUT2D eigenvalue weighted by Gasteiger charge is -1.61. The summed E-state index contributed by atoms with van der Waals surface area (Å²) in [6.07, 6.45) is 0. The van der Waals surface area contributed by atoms with Crippen molar-refractivity contribution in [2.75, 3.05) is 0 Å². The highest BCUT2D eigenvalue weighted by atomic mass is 35.5. The highest BCUT2D eigenvalue weighted by Crippen LogP contribution is 1.67. The first-order valence-corrected chi connectivity index (χ1v) is 2.53. The minimum Gasteiger partial charge on any atom is -0.345 e. The molecule has 48 valence electrons. The standard InChI is InChI=1S/C2H3ClO.CH4N2S/c1-2(3)4;2-1(3)4/h1H3;(H4,2,3,4)/p+1. The summed E-state index contributed by atoms with van der Waals surface area (Å²) >= 11 is 8.84. The Hall–Kier alpha value is -0.190. The Morgan fingerprint density at radius 2 is 1.88 bits per heavy atom. The molecule has 0 saturated carbocycles. The van der Waals surface area contributed by atoms with Gasteiger partial charge < -0.3 is 11.5 Å². The van der Waals surface area contributed by atoms with Gasteiger partial charge in [-0.1, -0.05) is 0 Å². The second-order valence-corrected chi connectivity index (χ2v) is 1.99. The van der Waals surface area contributed by atoms with Gasteiger partial charge in [-0.25, -0.2) is 0 Å². The number of nitrogens with two attached hydrogens (primary N) is 1. The van der Waals surface area contributed by atoms with Crippen LogP contribution in [-0.2, 0) is 4.79 Å². The van der Waals surface area contributed by atoms with Gasteiger partial charge in [0.1, 0.15) is 0 Å². The number of carbonyl (C=O) groups excluding carboxylic acids is 1. The average molecular weight is 156 g/mol. The number of rotatable bonds is 0. The van der Waals surface area contributed by atoms with Crippen LogP contribution < -0.4 is 11.5 Å². The molecule has 8 heavy (non-hydrogen) atoms. The van der Waals surface area contributed by atoms with E-state index in [0.717, 1.165) is 0 Å². The van der Waals surface area contributed by atoms with Crippen LogP contribution in [0.1, 0.15) is 6.92 Å². The summed E-state index contributed by atoms with van der Waals surface area (Å²) in [5, 5.41) is -0.111. The van der Waals surface area contributed by atoms with Crippen molar-refractivity contribution in [3.8, 4) is 0 Å². The molecule has 0 aromatic rings. The molecule has 0 heterocycles. The Kier molecular flexibility index (Phi) is 9.13. The fourth-order valence-electron chi connectivity index (χ4n) is 0. The van der Waals surface area contributed by atoms with Crippen molar-refractivity contribution in [3.63, 3.8) is 0 Å². The average Bonchev–Trinajstić information content (AvgIpc) is 1.25. The molecule has 0 aliphatic rings. The van der Waals surface area contributed by atoms with Crippen LogP contribution in [-0.4, -0.2) is 10.4 Å². The van der Waals surface area contributed by atoms with E-state index in [1.54, 1.807) is 0 Å². The highest BCUT2D eigenvalue weighted by Gasteiger charge is 1.67. The Labute approximate surface area is 58.0 Å². The first-order chi connectivity index (χ1) is 3.46. The Morgan fingerprint density at radius 1 is 1.88 bits per heavy atom. The first kappa shape index (κ1) is 10.7. The van der Waals surface area contributed by atoms with Crippen molar-refractivity contribution >= 4 is 34.2 Å². The largest absolute Gasteiger partial charge is 0.345 e. The topological polar surface area (TPSA) is 70.7 Å². The number of carbonyl (C=O) groups is 1. The molecule has 3 nitrogen and oxygen atoms in total. The van der Waals surface area contributed by atoms with Crippen LogP contribution >= 0.6 is 23.8 Å². The maximum atomic E-state index is 9.21. The summed E-state index contributed by atoms with van der Waals surface area (Å²) < 4.78 is 0. The third-order valence-electron chi connectivity index (χ3n) is 0. The van der Waals surface area contributed by atoms with E-state index in [9.17, 15) is 4.79 Å². The molecule has 0 atom stereocenters. The van der Waals surface area contributed by atoms with Gasteiger partial charge in [0.2, 0.25) is 5.24 Å². The molecular weight excluding hydrogens is 148 g/mol. The maximum absolute atomic E-state index is 9.21. The van der Waals surface area contributed by atoms with Crippen LogP contribution in [0.3, 0.4) is 0 Å². The zero-order valence-electron chi connectivity index (χ0n) is 4.48. The van der Waals surface area contributed by atoms with Crippen LogP contribution in [0.4, 0.5) is 0 Å². The fourth-order valence-corrected chi connectivity index (χ4v) is 0. The van der Waals surface area contributed by atoms with Crippen LogP contribution in [0.2, 0.25) is 0 Å². The van der Waals surface area contributed by atoms with Crippen LogP contribution in [0, 0.1) is 0 Å². The smallest absolute Gasteiger partial charge is 0.262 e. The number of hydrogen-bond donors (Lipinski definition) is 2. The molecule has 0 radical (unpaired) electrons. The van der Waals surface area contributed by atoms with E-state index >= 15 is 0 Å². The predicted octanol–water partition coefficient (Wildman–Crippen LogP) is -0.756. The van der Waals surface area contributed by atoms with Gasteiger partial charge in [-0.3, -0.25) is 4.79 Å². The van der Waals surface area contributed by atoms with Crippen molar-refractivity contribution < 1.29 is 10.5 Å². The lowest BCUT2D eigenvalue weighted by Crippen LogP contribution is -2.60.